The van der Waals surface area contributed by atoms with Gasteiger partial charge in [0.15, 0.2) is 0 Å². The molecule has 1 aromatic carbocycles. The maximum Gasteiger partial charge on any atom is 0.294 e. The summed E-state index contributed by atoms with van der Waals surface area (Å²) in [6, 6.07) is 4.48. The maximum absolute atomic E-state index is 11.0. The fraction of sp³-hybridized carbons (Fsp3) is 0.214. The summed E-state index contributed by atoms with van der Waals surface area (Å²) in [5.74, 6) is 0. The molecule has 3 N–H and O–H groups in total. The molecule has 0 aliphatic rings. The first-order valence-electron chi connectivity index (χ1n) is 6.61. The zero-order valence-corrected chi connectivity index (χ0v) is 11.7. The number of carbonyl (C=O) groups is 1. The lowest BCUT2D eigenvalue weighted by molar-refractivity contribution is -0.383. The number of nitrogens with two attached hydrogens (primary N) is 1. The van der Waals surface area contributed by atoms with Gasteiger partial charge in [-0.3, -0.25) is 20.1 Å². The summed E-state index contributed by atoms with van der Waals surface area (Å²) in [6.07, 6.45) is 4.66. The lowest BCUT2D eigenvalue weighted by atomic mass is 10.2. The highest BCUT2D eigenvalue weighted by Crippen LogP contribution is 2.26. The van der Waals surface area contributed by atoms with E-state index in [9.17, 15) is 14.9 Å². The molecule has 114 valence electrons. The monoisotopic (exact) mass is 301 g/mol. The van der Waals surface area contributed by atoms with Crippen LogP contribution in [0.4, 0.5) is 17.1 Å². The molecule has 0 aliphatic heterocycles. The second-order valence-electron chi connectivity index (χ2n) is 4.58. The van der Waals surface area contributed by atoms with Crippen LogP contribution in [-0.4, -0.2) is 27.7 Å². The van der Waals surface area contributed by atoms with Gasteiger partial charge in [0.2, 0.25) is 0 Å². The zero-order valence-electron chi connectivity index (χ0n) is 11.7. The van der Waals surface area contributed by atoms with Crippen LogP contribution < -0.4 is 11.1 Å². The molecular formula is C14H15N5O3. The van der Waals surface area contributed by atoms with Crippen molar-refractivity contribution in [2.45, 2.75) is 12.8 Å². The highest BCUT2D eigenvalue weighted by molar-refractivity contribution is 5.66. The third-order valence-electron chi connectivity index (χ3n) is 2.94. The summed E-state index contributed by atoms with van der Waals surface area (Å²) in [4.78, 5) is 29.2. The first-order valence-corrected chi connectivity index (χ1v) is 6.61. The van der Waals surface area contributed by atoms with Crippen molar-refractivity contribution in [3.8, 4) is 0 Å². The molecule has 0 radical (unpaired) electrons. The maximum atomic E-state index is 11.0. The Kier molecular flexibility index (Phi) is 4.97. The van der Waals surface area contributed by atoms with E-state index in [-0.39, 0.29) is 12.1 Å². The van der Waals surface area contributed by atoms with Crippen LogP contribution in [0.1, 0.15) is 11.4 Å². The minimum absolute atomic E-state index is 0.0687. The van der Waals surface area contributed by atoms with Crippen LogP contribution in [0.25, 0.3) is 0 Å². The smallest absolute Gasteiger partial charge is 0.294 e. The molecule has 0 saturated heterocycles. The van der Waals surface area contributed by atoms with Gasteiger partial charge in [-0.25, -0.2) is 0 Å². The number of nitrogens with zero attached hydrogens (tertiary/aromatic N) is 3. The van der Waals surface area contributed by atoms with Gasteiger partial charge in [0, 0.05) is 43.5 Å². The van der Waals surface area contributed by atoms with Crippen molar-refractivity contribution in [3.63, 3.8) is 0 Å². The van der Waals surface area contributed by atoms with Crippen LogP contribution in [0.2, 0.25) is 0 Å². The van der Waals surface area contributed by atoms with Gasteiger partial charge in [0.25, 0.3) is 5.69 Å². The van der Waals surface area contributed by atoms with E-state index in [2.05, 4.69) is 15.3 Å². The Hall–Kier alpha value is -3.03. The highest BCUT2D eigenvalue weighted by Gasteiger charge is 2.13. The summed E-state index contributed by atoms with van der Waals surface area (Å²) in [7, 11) is 0. The van der Waals surface area contributed by atoms with Crippen LogP contribution in [0.15, 0.2) is 30.6 Å². The van der Waals surface area contributed by atoms with Gasteiger partial charge < -0.3 is 15.8 Å². The summed E-state index contributed by atoms with van der Waals surface area (Å²) in [5.41, 5.74) is 7.54. The molecule has 1 aromatic heterocycles. The molecule has 0 bridgehead atoms. The van der Waals surface area contributed by atoms with Crippen LogP contribution in [-0.2, 0) is 17.6 Å². The standard InChI is InChI=1S/C14H15N5O3/c15-10-1-2-13(14(7-10)19(21)22)17-5-3-11-8-16-9-12(18-11)4-6-20/h1-2,6-9,17H,3-5,15H2. The van der Waals surface area contributed by atoms with E-state index in [1.807, 2.05) is 0 Å². The normalized spacial score (nSPS) is 10.2. The van der Waals surface area contributed by atoms with Crippen molar-refractivity contribution in [1.29, 1.82) is 0 Å². The van der Waals surface area contributed by atoms with Gasteiger partial charge in [0.1, 0.15) is 12.0 Å². The van der Waals surface area contributed by atoms with Crippen LogP contribution in [0, 0.1) is 10.1 Å². The molecule has 0 aliphatic carbocycles. The average molecular weight is 301 g/mol. The Bertz CT molecular complexity index is 690. The summed E-state index contributed by atoms with van der Waals surface area (Å²) in [6.45, 7) is 0.448. The summed E-state index contributed by atoms with van der Waals surface area (Å²) in [5, 5.41) is 14.0. The minimum atomic E-state index is -0.483. The first kappa shape index (κ1) is 15.4. The largest absolute Gasteiger partial charge is 0.399 e. The number of nitrogen functional groups attached to an aromatic ring is 1. The van der Waals surface area contributed by atoms with E-state index in [1.54, 1.807) is 18.3 Å². The van der Waals surface area contributed by atoms with E-state index in [0.717, 1.165) is 6.29 Å². The predicted octanol–water partition coefficient (Wildman–Crippen LogP) is 1.36. The zero-order chi connectivity index (χ0) is 15.9. The first-order chi connectivity index (χ1) is 10.6. The second kappa shape index (κ2) is 7.11. The predicted molar refractivity (Wildman–Crippen MR) is 81.5 cm³/mol. The lowest BCUT2D eigenvalue weighted by Gasteiger charge is -2.07. The van der Waals surface area contributed by atoms with Crippen LogP contribution in [0.3, 0.4) is 0 Å². The molecule has 0 atom stereocenters. The molecular weight excluding hydrogens is 286 g/mol. The number of anilines is 2. The molecule has 2 rings (SSSR count). The van der Waals surface area contributed by atoms with Gasteiger partial charge in [-0.15, -0.1) is 0 Å². The van der Waals surface area contributed by atoms with E-state index < -0.39 is 4.92 Å². The molecule has 0 amide bonds. The van der Waals surface area contributed by atoms with Crippen molar-refractivity contribution in [1.82, 2.24) is 9.97 Å². The number of aromatic nitrogens is 2. The molecule has 8 heteroatoms. The Labute approximate surface area is 126 Å². The topological polar surface area (TPSA) is 124 Å². The Morgan fingerprint density at radius 3 is 2.82 bits per heavy atom. The number of carbonyl (C=O) groups excluding carboxylic acids is 1. The SMILES string of the molecule is Nc1ccc(NCCc2cncc(CC=O)n2)c([N+](=O)[O-])c1. The number of hydrogen-bond donors (Lipinski definition) is 2. The van der Waals surface area contributed by atoms with Crippen molar-refractivity contribution < 1.29 is 9.72 Å². The van der Waals surface area contributed by atoms with Crippen LogP contribution in [0.5, 0.6) is 0 Å². The molecule has 22 heavy (non-hydrogen) atoms. The quantitative estimate of drug-likeness (QED) is 0.342. The van der Waals surface area contributed by atoms with Crippen molar-refractivity contribution in [3.05, 3.63) is 52.1 Å². The molecule has 0 spiro atoms. The van der Waals surface area contributed by atoms with E-state index in [0.29, 0.717) is 35.7 Å². The van der Waals surface area contributed by atoms with Gasteiger partial charge in [-0.2, -0.15) is 0 Å². The number of aldehydes is 1. The van der Waals surface area contributed by atoms with Crippen molar-refractivity contribution in [2.75, 3.05) is 17.6 Å². The molecule has 0 fully saturated rings. The number of nitrogens with one attached hydrogen (secondary N) is 1. The van der Waals surface area contributed by atoms with Gasteiger partial charge in [-0.1, -0.05) is 0 Å². The molecule has 2 aromatic rings. The average Bonchev–Trinajstić information content (AvgIpc) is 2.49. The Morgan fingerprint density at radius 1 is 1.32 bits per heavy atom. The number of benzene rings is 1. The fourth-order valence-electron chi connectivity index (χ4n) is 1.93. The summed E-state index contributed by atoms with van der Waals surface area (Å²) < 4.78 is 0. The molecule has 0 saturated carbocycles. The van der Waals surface area contributed by atoms with E-state index in [4.69, 9.17) is 5.73 Å². The van der Waals surface area contributed by atoms with Crippen molar-refractivity contribution in [2.24, 2.45) is 0 Å². The lowest BCUT2D eigenvalue weighted by Crippen LogP contribution is -2.09. The number of hydrogen-bond acceptors (Lipinski definition) is 7. The Balaban J connectivity index is 2.01. The van der Waals surface area contributed by atoms with Crippen LogP contribution >= 0.6 is 0 Å². The van der Waals surface area contributed by atoms with E-state index >= 15 is 0 Å². The van der Waals surface area contributed by atoms with Gasteiger partial charge in [-0.05, 0) is 12.1 Å². The number of nitro benzene ring substituents is 1. The summed E-state index contributed by atoms with van der Waals surface area (Å²) >= 11 is 0. The molecule has 1 heterocycles. The van der Waals surface area contributed by atoms with Gasteiger partial charge >= 0.3 is 0 Å². The number of rotatable bonds is 7. The van der Waals surface area contributed by atoms with Gasteiger partial charge in [0.05, 0.1) is 16.3 Å². The number of nitro groups is 1. The highest BCUT2D eigenvalue weighted by atomic mass is 16.6. The third-order valence-corrected chi connectivity index (χ3v) is 2.94. The third kappa shape index (κ3) is 3.98. The van der Waals surface area contributed by atoms with Crippen molar-refractivity contribution >= 4 is 23.3 Å². The molecule has 8 nitrogen and oxygen atoms in total. The Morgan fingerprint density at radius 2 is 2.09 bits per heavy atom. The second-order valence-corrected chi connectivity index (χ2v) is 4.58. The van der Waals surface area contributed by atoms with E-state index in [1.165, 1.54) is 12.3 Å². The molecule has 0 unspecified atom stereocenters. The fourth-order valence-corrected chi connectivity index (χ4v) is 1.93. The minimum Gasteiger partial charge on any atom is -0.399 e.